The maximum Gasteiger partial charge on any atom is 0.210 e. The Kier molecular flexibility index (Phi) is 36.7. The minimum Gasteiger partial charge on any atom is -0.469 e. The first-order chi connectivity index (χ1) is 69.5. The Balaban J connectivity index is 0.000000117. The van der Waals surface area contributed by atoms with Gasteiger partial charge in [-0.05, 0) is 207 Å². The summed E-state index contributed by atoms with van der Waals surface area (Å²) in [4.78, 5) is 99.4. The van der Waals surface area contributed by atoms with Crippen LogP contribution in [0.1, 0.15) is 237 Å². The zero-order valence-electron chi connectivity index (χ0n) is 77.8. The van der Waals surface area contributed by atoms with Gasteiger partial charge in [0, 0.05) is 136 Å². The van der Waals surface area contributed by atoms with E-state index in [-0.39, 0.29) is 77.6 Å². The molecule has 36 heteroatoms. The number of rotatable bonds is 36. The van der Waals surface area contributed by atoms with Gasteiger partial charge in [-0.1, -0.05) is 121 Å². The van der Waals surface area contributed by atoms with E-state index in [0.717, 1.165) is 135 Å². The van der Waals surface area contributed by atoms with Crippen molar-refractivity contribution in [3.63, 3.8) is 0 Å². The number of methoxy groups -OCH3 is 1. The van der Waals surface area contributed by atoms with Gasteiger partial charge in [0.05, 0.1) is 42.9 Å². The van der Waals surface area contributed by atoms with Gasteiger partial charge >= 0.3 is 0 Å². The number of hydrogen-bond acceptors (Lipinski definition) is 36. The molecule has 16 aromatic heterocycles. The summed E-state index contributed by atoms with van der Waals surface area (Å²) in [6.45, 7) is 3.25. The molecule has 3 atom stereocenters. The number of thiophene rings is 6. The SMILES string of the molecule is CCOCC(=O)c1cc(-c2cccs2)on1.COCC(=O)c1cc(-c2cccs2)on1.O=C(CC1CC1)c1cc(-c2cc3ccccc3o2)on1.O=C(CC1CC1)c1cc(-c2ccsc2)on1.O=C(CC1CC1)c1cc(C2=CC=CC2)on1.O=C(CCC1CCCO1)c1cc(-c2cccs2)on1.O=C(CC[C@@H]1CCCC[C@H]1O)c1cc(-c2cccs2)on1.O=C(CCc1ccco1)c1cc(-c2cccs2)on1. The molecule has 1 saturated heterocycles. The number of aliphatic hydroxyl groups excluding tert-OH is 1. The van der Waals surface area contributed by atoms with Crippen LogP contribution >= 0.6 is 68.0 Å². The van der Waals surface area contributed by atoms with Gasteiger partial charge in [0.15, 0.2) is 92.2 Å². The molecular formula is C106H102N8O22S6. The van der Waals surface area contributed by atoms with Crippen LogP contribution in [0.3, 0.4) is 0 Å². The predicted molar refractivity (Wildman–Crippen MR) is 536 cm³/mol. The first-order valence-corrected chi connectivity index (χ1v) is 52.3. The lowest BCUT2D eigenvalue weighted by atomic mass is 9.83. The van der Waals surface area contributed by atoms with Crippen LogP contribution in [-0.4, -0.2) is 138 Å². The largest absolute Gasteiger partial charge is 0.469 e. The van der Waals surface area contributed by atoms with E-state index in [4.69, 9.17) is 59.2 Å². The minimum atomic E-state index is -0.245. The first-order valence-electron chi connectivity index (χ1n) is 46.9. The van der Waals surface area contributed by atoms with Crippen LogP contribution in [0.2, 0.25) is 0 Å². The monoisotopic (exact) mass is 2030 g/mol. The van der Waals surface area contributed by atoms with Gasteiger partial charge in [0.25, 0.3) is 0 Å². The number of fused-ring (bicyclic) bond motifs is 1. The van der Waals surface area contributed by atoms with Gasteiger partial charge in [-0.15, -0.1) is 56.7 Å². The molecule has 142 heavy (non-hydrogen) atoms. The number of para-hydroxylation sites is 1. The molecule has 0 spiro atoms. The van der Waals surface area contributed by atoms with Gasteiger partial charge in [0.1, 0.15) is 58.7 Å². The number of ketones is 8. The number of nitrogens with zero attached hydrogens (tertiary/aromatic N) is 8. The molecule has 0 radical (unpaired) electrons. The number of carbonyl (C=O) groups excluding carboxylic acids is 8. The normalized spacial score (nSPS) is 15.5. The number of aryl methyl sites for hydroxylation is 1. The van der Waals surface area contributed by atoms with Gasteiger partial charge in [-0.3, -0.25) is 38.4 Å². The van der Waals surface area contributed by atoms with E-state index in [1.165, 1.54) is 44.1 Å². The number of carbonyl (C=O) groups is 8. The quantitative estimate of drug-likeness (QED) is 0.0356. The van der Waals surface area contributed by atoms with Gasteiger partial charge < -0.3 is 64.3 Å². The highest BCUT2D eigenvalue weighted by atomic mass is 32.1. The summed E-state index contributed by atoms with van der Waals surface area (Å²) in [5.41, 5.74) is 6.03. The summed E-state index contributed by atoms with van der Waals surface area (Å²) in [5, 5.41) is 55.2. The van der Waals surface area contributed by atoms with Crippen molar-refractivity contribution < 1.29 is 103 Å². The first kappa shape index (κ1) is 102. The van der Waals surface area contributed by atoms with E-state index in [1.54, 1.807) is 111 Å². The van der Waals surface area contributed by atoms with Gasteiger partial charge in [-0.2, -0.15) is 11.3 Å². The van der Waals surface area contributed by atoms with Crippen molar-refractivity contribution in [3.8, 4) is 76.0 Å². The van der Waals surface area contributed by atoms with Crippen molar-refractivity contribution in [2.75, 3.05) is 33.5 Å². The molecule has 0 amide bonds. The number of furan rings is 2. The summed E-state index contributed by atoms with van der Waals surface area (Å²) in [6, 6.07) is 48.1. The molecule has 17 heterocycles. The van der Waals surface area contributed by atoms with Crippen LogP contribution in [-0.2, 0) is 20.6 Å². The van der Waals surface area contributed by atoms with Gasteiger partial charge in [-0.25, -0.2) is 0 Å². The van der Waals surface area contributed by atoms with Crippen LogP contribution in [0.4, 0.5) is 0 Å². The Bertz CT molecular complexity index is 6860. The van der Waals surface area contributed by atoms with Crippen LogP contribution in [0.15, 0.2) is 265 Å². The van der Waals surface area contributed by atoms with E-state index in [9.17, 15) is 43.5 Å². The third kappa shape index (κ3) is 29.9. The number of hydrogen-bond donors (Lipinski definition) is 1. The Morgan fingerprint density at radius 1 is 0.408 bits per heavy atom. The molecule has 1 aliphatic heterocycles. The fourth-order valence-electron chi connectivity index (χ4n) is 15.1. The Labute approximate surface area is 839 Å². The second-order valence-corrected chi connectivity index (χ2v) is 39.8. The fraction of sp³-hybridized carbons (Fsp3) is 0.321. The molecule has 0 bridgehead atoms. The summed E-state index contributed by atoms with van der Waals surface area (Å²) in [6.07, 6.45) is 27.0. The summed E-state index contributed by atoms with van der Waals surface area (Å²) < 4.78 is 67.5. The highest BCUT2D eigenvalue weighted by molar-refractivity contribution is 7.14. The molecule has 5 fully saturated rings. The second kappa shape index (κ2) is 51.3. The summed E-state index contributed by atoms with van der Waals surface area (Å²) in [5.74, 6) is 8.41. The fourth-order valence-corrected chi connectivity index (χ4v) is 19.1. The maximum atomic E-state index is 12.2. The third-order valence-corrected chi connectivity index (χ3v) is 28.6. The number of ether oxygens (including phenoxy) is 3. The minimum absolute atomic E-state index is 0.000621. The molecule has 1 unspecified atom stereocenters. The molecule has 1 aromatic carbocycles. The number of aromatic nitrogens is 8. The van der Waals surface area contributed by atoms with Gasteiger partial charge in [0.2, 0.25) is 17.3 Å². The van der Waals surface area contributed by atoms with Crippen LogP contribution in [0, 0.1) is 23.7 Å². The maximum absolute atomic E-state index is 12.2. The molecule has 734 valence electrons. The van der Waals surface area contributed by atoms with Crippen molar-refractivity contribution in [1.29, 1.82) is 0 Å². The topological polar surface area (TPSA) is 419 Å². The third-order valence-electron chi connectivity index (χ3n) is 23.5. The average Bonchev–Trinajstić information content (AvgIpc) is 1.68. The van der Waals surface area contributed by atoms with Crippen molar-refractivity contribution in [2.45, 2.75) is 160 Å². The van der Waals surface area contributed by atoms with E-state index in [2.05, 4.69) is 47.3 Å². The van der Waals surface area contributed by atoms with E-state index < -0.39 is 0 Å². The lowest BCUT2D eigenvalue weighted by molar-refractivity contribution is 0.0621. The molecular weight excluding hydrogens is 1930 g/mol. The zero-order chi connectivity index (χ0) is 98.3. The van der Waals surface area contributed by atoms with Crippen LogP contribution in [0.25, 0.3) is 92.6 Å². The van der Waals surface area contributed by atoms with Crippen molar-refractivity contribution in [2.24, 2.45) is 23.7 Å². The second-order valence-electron chi connectivity index (χ2n) is 34.3. The lowest BCUT2D eigenvalue weighted by Crippen LogP contribution is -2.25. The van der Waals surface area contributed by atoms with E-state index in [1.807, 2.05) is 166 Å². The molecule has 5 aliphatic carbocycles. The van der Waals surface area contributed by atoms with E-state index in [0.29, 0.717) is 161 Å². The number of aliphatic hydroxyl groups is 1. The van der Waals surface area contributed by atoms with Crippen molar-refractivity contribution in [1.82, 2.24) is 41.3 Å². The molecule has 30 nitrogen and oxygen atoms in total. The Morgan fingerprint density at radius 2 is 0.845 bits per heavy atom. The highest BCUT2D eigenvalue weighted by Gasteiger charge is 2.32. The number of Topliss-reactive ketones (excluding diaryl/α,β-unsaturated/α-hetero) is 8. The lowest BCUT2D eigenvalue weighted by Gasteiger charge is -2.27. The number of allylic oxidation sites excluding steroid dienone is 4. The summed E-state index contributed by atoms with van der Waals surface area (Å²) in [7, 11) is 1.47. The molecule has 17 aromatic rings. The molecule has 6 aliphatic rings. The molecule has 4 saturated carbocycles. The van der Waals surface area contributed by atoms with E-state index >= 15 is 0 Å². The smallest absolute Gasteiger partial charge is 0.210 e. The average molecular weight is 2030 g/mol. The predicted octanol–water partition coefficient (Wildman–Crippen LogP) is 26.6. The standard InChI is InChI=1S/C16H19NO3S.C16H13NO3.C14H15NO3S.C14H11NO3S.C13H13NO2.C12H11NO2S.C11H11NO3S.C10H9NO3S/c18-13-5-2-1-4-11(13)7-8-14(19)12-10-15(20-17-12)16-6-3-9-21-16;18-13(7-10-5-6-10)12-9-16(20-17-12)15-8-11-3-1-2-4-14(11)19-15;2*16-12(6-5-10-3-1-7-17-10)11-9-13(18-15-11)14-4-2-8-19-14;15-12(7-9-5-6-9)11-8-13(16-14-11)10-3-1-2-4-10;14-11(5-8-1-2-8)10-6-12(15-13-10)9-3-4-16-7-9;1-2-14-7-9(13)8-6-10(15-12-8)11-4-3-5-16-11;1-13-6-8(12)7-5-9(14-11-7)10-3-2-4-15-10/h3,6,9-11,13,18H,1-2,4-5,7-8H2;1-4,8-10H,5-7H2;2,4,8-10H,1,3,5-7H2;1-4,7-9H,5-6H2;1-3,8-9H,4-7H2;3-4,6-8H,1-2,5H2;3-6H,2,7H2,1H3;2-5H,6H2,1H3/t11-,13+;;;;;;;/m0......./s1. The summed E-state index contributed by atoms with van der Waals surface area (Å²) >= 11 is 9.36. The molecule has 1 N–H and O–H groups in total. The van der Waals surface area contributed by atoms with Crippen LogP contribution < -0.4 is 0 Å². The Morgan fingerprint density at radius 3 is 1.27 bits per heavy atom. The van der Waals surface area contributed by atoms with Crippen molar-refractivity contribution >= 4 is 131 Å². The zero-order valence-corrected chi connectivity index (χ0v) is 82.7. The Hall–Kier alpha value is -13.4. The number of benzene rings is 1. The van der Waals surface area contributed by atoms with Crippen molar-refractivity contribution in [3.05, 3.63) is 277 Å². The highest BCUT2D eigenvalue weighted by Crippen LogP contribution is 2.40. The molecule has 23 rings (SSSR count). The van der Waals surface area contributed by atoms with Crippen LogP contribution in [0.5, 0.6) is 0 Å².